The molecular formula is C9H10BrN3O2. The van der Waals surface area contributed by atoms with Crippen molar-refractivity contribution >= 4 is 15.9 Å². The topological polar surface area (TPSA) is 78.1 Å². The van der Waals surface area contributed by atoms with Gasteiger partial charge in [-0.25, -0.2) is 0 Å². The van der Waals surface area contributed by atoms with E-state index in [1.165, 1.54) is 0 Å². The molecule has 0 spiro atoms. The molecule has 0 aromatic carbocycles. The zero-order valence-electron chi connectivity index (χ0n) is 8.11. The lowest BCUT2D eigenvalue weighted by Crippen LogP contribution is -2.10. The average molecular weight is 272 g/mol. The van der Waals surface area contributed by atoms with Crippen LogP contribution in [0.3, 0.4) is 0 Å². The second-order valence-corrected chi connectivity index (χ2v) is 3.86. The molecule has 6 heteroatoms. The lowest BCUT2D eigenvalue weighted by atomic mass is 10.2. The molecule has 1 atom stereocenters. The molecule has 0 aliphatic carbocycles. The Hall–Kier alpha value is -1.14. The lowest BCUT2D eigenvalue weighted by Gasteiger charge is -1.98. The van der Waals surface area contributed by atoms with E-state index in [2.05, 4.69) is 26.1 Å². The first-order valence-electron chi connectivity index (χ1n) is 4.55. The number of nitrogens with two attached hydrogens (primary N) is 1. The second-order valence-electron chi connectivity index (χ2n) is 3.08. The molecule has 0 aliphatic heterocycles. The molecule has 0 amide bonds. The van der Waals surface area contributed by atoms with Gasteiger partial charge in [0.1, 0.15) is 0 Å². The molecule has 1 unspecified atom stereocenters. The molecule has 0 fully saturated rings. The van der Waals surface area contributed by atoms with Gasteiger partial charge in [0.25, 0.3) is 5.89 Å². The molecule has 5 nitrogen and oxygen atoms in total. The summed E-state index contributed by atoms with van der Waals surface area (Å²) in [5, 5.41) is 3.79. The van der Waals surface area contributed by atoms with E-state index in [0.717, 1.165) is 6.42 Å². The zero-order valence-corrected chi connectivity index (χ0v) is 9.69. The van der Waals surface area contributed by atoms with Crippen molar-refractivity contribution in [2.45, 2.75) is 19.4 Å². The van der Waals surface area contributed by atoms with E-state index in [4.69, 9.17) is 14.7 Å². The minimum absolute atomic E-state index is 0.194. The predicted octanol–water partition coefficient (Wildman–Crippen LogP) is 2.50. The molecular weight excluding hydrogens is 262 g/mol. The standard InChI is InChI=1S/C9H10BrN3O2/c1-2-5(11)8-12-9(15-13-8)6-3-4-7(10)14-6/h3-5H,2,11H2,1H3. The van der Waals surface area contributed by atoms with Crippen LogP contribution in [0.5, 0.6) is 0 Å². The van der Waals surface area contributed by atoms with Gasteiger partial charge in [0.05, 0.1) is 6.04 Å². The Bertz CT molecular complexity index is 452. The van der Waals surface area contributed by atoms with Crippen molar-refractivity contribution in [3.63, 3.8) is 0 Å². The number of furan rings is 1. The van der Waals surface area contributed by atoms with Gasteiger partial charge in [-0.3, -0.25) is 0 Å². The highest BCUT2D eigenvalue weighted by molar-refractivity contribution is 9.10. The zero-order chi connectivity index (χ0) is 10.8. The Balaban J connectivity index is 2.27. The van der Waals surface area contributed by atoms with Gasteiger partial charge in [-0.15, -0.1) is 0 Å². The van der Waals surface area contributed by atoms with E-state index in [9.17, 15) is 0 Å². The summed E-state index contributed by atoms with van der Waals surface area (Å²) in [6, 6.07) is 3.32. The molecule has 0 saturated heterocycles. The molecule has 0 bridgehead atoms. The first-order valence-corrected chi connectivity index (χ1v) is 5.35. The van der Waals surface area contributed by atoms with Crippen molar-refractivity contribution in [2.75, 3.05) is 0 Å². The fraction of sp³-hybridized carbons (Fsp3) is 0.333. The number of hydrogen-bond donors (Lipinski definition) is 1. The Morgan fingerprint density at radius 3 is 2.93 bits per heavy atom. The summed E-state index contributed by atoms with van der Waals surface area (Å²) in [5.41, 5.74) is 5.77. The van der Waals surface area contributed by atoms with E-state index >= 15 is 0 Å². The molecule has 0 radical (unpaired) electrons. The highest BCUT2D eigenvalue weighted by Crippen LogP contribution is 2.24. The summed E-state index contributed by atoms with van der Waals surface area (Å²) >= 11 is 3.20. The molecule has 0 saturated carbocycles. The van der Waals surface area contributed by atoms with E-state index in [-0.39, 0.29) is 6.04 Å². The van der Waals surface area contributed by atoms with Crippen LogP contribution < -0.4 is 5.73 Å². The van der Waals surface area contributed by atoms with Crippen molar-refractivity contribution < 1.29 is 8.94 Å². The highest BCUT2D eigenvalue weighted by Gasteiger charge is 2.15. The van der Waals surface area contributed by atoms with Crippen molar-refractivity contribution in [3.8, 4) is 11.7 Å². The van der Waals surface area contributed by atoms with Gasteiger partial charge in [-0.05, 0) is 34.5 Å². The minimum atomic E-state index is -0.194. The van der Waals surface area contributed by atoms with Crippen molar-refractivity contribution in [1.82, 2.24) is 10.1 Å². The van der Waals surface area contributed by atoms with Gasteiger partial charge in [0.15, 0.2) is 16.3 Å². The van der Waals surface area contributed by atoms with Gasteiger partial charge in [-0.1, -0.05) is 12.1 Å². The van der Waals surface area contributed by atoms with Crippen LogP contribution in [0, 0.1) is 0 Å². The maximum Gasteiger partial charge on any atom is 0.293 e. The SMILES string of the molecule is CCC(N)c1noc(-c2ccc(Br)o2)n1. The van der Waals surface area contributed by atoms with Crippen LogP contribution in [0.15, 0.2) is 25.7 Å². The summed E-state index contributed by atoms with van der Waals surface area (Å²) in [5.74, 6) is 1.38. The fourth-order valence-corrected chi connectivity index (χ4v) is 1.40. The largest absolute Gasteiger partial charge is 0.444 e. The third kappa shape index (κ3) is 2.10. The maximum absolute atomic E-state index is 5.77. The quantitative estimate of drug-likeness (QED) is 0.928. The van der Waals surface area contributed by atoms with Crippen LogP contribution in [-0.4, -0.2) is 10.1 Å². The monoisotopic (exact) mass is 271 g/mol. The third-order valence-electron chi connectivity index (χ3n) is 2.00. The Morgan fingerprint density at radius 2 is 2.33 bits per heavy atom. The third-order valence-corrected chi connectivity index (χ3v) is 2.42. The fourth-order valence-electron chi connectivity index (χ4n) is 1.10. The van der Waals surface area contributed by atoms with Crippen LogP contribution in [0.4, 0.5) is 0 Å². The molecule has 2 aromatic heterocycles. The van der Waals surface area contributed by atoms with Crippen LogP contribution in [-0.2, 0) is 0 Å². The normalized spacial score (nSPS) is 13.0. The molecule has 2 aromatic rings. The van der Waals surface area contributed by atoms with Crippen molar-refractivity contribution in [1.29, 1.82) is 0 Å². The molecule has 15 heavy (non-hydrogen) atoms. The van der Waals surface area contributed by atoms with E-state index in [1.54, 1.807) is 12.1 Å². The maximum atomic E-state index is 5.77. The number of rotatable bonds is 3. The predicted molar refractivity (Wildman–Crippen MR) is 56.9 cm³/mol. The summed E-state index contributed by atoms with van der Waals surface area (Å²) in [6.07, 6.45) is 0.765. The number of halogens is 1. The van der Waals surface area contributed by atoms with Gasteiger partial charge in [0, 0.05) is 0 Å². The van der Waals surface area contributed by atoms with Gasteiger partial charge >= 0.3 is 0 Å². The van der Waals surface area contributed by atoms with Crippen LogP contribution >= 0.6 is 15.9 Å². The summed E-state index contributed by atoms with van der Waals surface area (Å²) in [6.45, 7) is 1.96. The summed E-state index contributed by atoms with van der Waals surface area (Å²) in [7, 11) is 0. The molecule has 2 N–H and O–H groups in total. The van der Waals surface area contributed by atoms with Gasteiger partial charge in [0.2, 0.25) is 0 Å². The van der Waals surface area contributed by atoms with Crippen molar-refractivity contribution in [2.24, 2.45) is 5.73 Å². The molecule has 2 rings (SSSR count). The molecule has 80 valence electrons. The highest BCUT2D eigenvalue weighted by atomic mass is 79.9. The second kappa shape index (κ2) is 4.16. The molecule has 0 aliphatic rings. The summed E-state index contributed by atoms with van der Waals surface area (Å²) < 4.78 is 10.9. The average Bonchev–Trinajstić information content (AvgIpc) is 2.84. The van der Waals surface area contributed by atoms with E-state index in [1.807, 2.05) is 6.92 Å². The van der Waals surface area contributed by atoms with E-state index < -0.39 is 0 Å². The van der Waals surface area contributed by atoms with Crippen LogP contribution in [0.2, 0.25) is 0 Å². The first-order chi connectivity index (χ1) is 7.20. The van der Waals surface area contributed by atoms with Crippen LogP contribution in [0.1, 0.15) is 25.2 Å². The van der Waals surface area contributed by atoms with Crippen LogP contribution in [0.25, 0.3) is 11.7 Å². The van der Waals surface area contributed by atoms with Gasteiger partial charge in [-0.2, -0.15) is 4.98 Å². The Morgan fingerprint density at radius 1 is 1.53 bits per heavy atom. The van der Waals surface area contributed by atoms with E-state index in [0.29, 0.717) is 22.1 Å². The lowest BCUT2D eigenvalue weighted by molar-refractivity contribution is 0.401. The first kappa shape index (κ1) is 10.4. The Kier molecular flexibility index (Phi) is 2.88. The number of hydrogen-bond acceptors (Lipinski definition) is 5. The Labute approximate surface area is 94.8 Å². The molecule has 2 heterocycles. The summed E-state index contributed by atoms with van der Waals surface area (Å²) in [4.78, 5) is 4.15. The smallest absolute Gasteiger partial charge is 0.293 e. The minimum Gasteiger partial charge on any atom is -0.444 e. The van der Waals surface area contributed by atoms with Crippen molar-refractivity contribution in [3.05, 3.63) is 22.6 Å². The number of aromatic nitrogens is 2. The number of nitrogens with zero attached hydrogens (tertiary/aromatic N) is 2. The van der Waals surface area contributed by atoms with Gasteiger partial charge < -0.3 is 14.7 Å².